The number of amides is 1. The van der Waals surface area contributed by atoms with Crippen molar-refractivity contribution >= 4 is 17.4 Å². The zero-order valence-corrected chi connectivity index (χ0v) is 16.6. The average Bonchev–Trinajstić information content (AvgIpc) is 2.68. The SMILES string of the molecule is CCCC#CC1CCOCC1N/C=C(/C(N)=O)C(N)=Nc1cc(F)nc(OC)c1. The van der Waals surface area contributed by atoms with Crippen molar-refractivity contribution in [1.29, 1.82) is 0 Å². The molecule has 29 heavy (non-hydrogen) atoms. The number of hydrogen-bond acceptors (Lipinski definition) is 6. The van der Waals surface area contributed by atoms with Crippen molar-refractivity contribution in [1.82, 2.24) is 10.3 Å². The Morgan fingerprint density at radius 1 is 1.52 bits per heavy atom. The molecule has 1 aliphatic heterocycles. The van der Waals surface area contributed by atoms with Crippen molar-refractivity contribution < 1.29 is 18.7 Å². The van der Waals surface area contributed by atoms with Crippen LogP contribution >= 0.6 is 0 Å². The molecule has 0 bridgehead atoms. The number of unbranched alkanes of at least 4 members (excludes halogenated alkanes) is 1. The number of carbonyl (C=O) groups excluding carboxylic acids is 1. The first kappa shape index (κ1) is 22.2. The molecule has 2 unspecified atom stereocenters. The van der Waals surface area contributed by atoms with Crippen LogP contribution in [0.3, 0.4) is 0 Å². The number of hydrogen-bond donors (Lipinski definition) is 3. The Morgan fingerprint density at radius 2 is 2.31 bits per heavy atom. The molecule has 2 rings (SSSR count). The number of amidine groups is 1. The molecule has 0 aromatic carbocycles. The summed E-state index contributed by atoms with van der Waals surface area (Å²) in [5, 5.41) is 3.12. The van der Waals surface area contributed by atoms with E-state index < -0.39 is 11.9 Å². The minimum atomic E-state index is -0.786. The van der Waals surface area contributed by atoms with E-state index in [0.717, 1.165) is 25.3 Å². The second-order valence-corrected chi connectivity index (χ2v) is 6.42. The normalized spacial score (nSPS) is 19.8. The second kappa shape index (κ2) is 11.0. The van der Waals surface area contributed by atoms with Crippen molar-refractivity contribution in [3.05, 3.63) is 29.9 Å². The van der Waals surface area contributed by atoms with E-state index in [1.54, 1.807) is 0 Å². The number of aromatic nitrogens is 1. The van der Waals surface area contributed by atoms with Crippen LogP contribution in [0, 0.1) is 23.7 Å². The van der Waals surface area contributed by atoms with Crippen molar-refractivity contribution in [3.63, 3.8) is 0 Å². The molecular weight excluding hydrogens is 377 g/mol. The van der Waals surface area contributed by atoms with Gasteiger partial charge in [0.15, 0.2) is 0 Å². The average molecular weight is 403 g/mol. The van der Waals surface area contributed by atoms with Gasteiger partial charge in [-0.25, -0.2) is 4.99 Å². The van der Waals surface area contributed by atoms with Crippen molar-refractivity contribution in [2.75, 3.05) is 20.3 Å². The molecule has 2 atom stereocenters. The lowest BCUT2D eigenvalue weighted by Crippen LogP contribution is -2.42. The minimum absolute atomic E-state index is 0.0344. The van der Waals surface area contributed by atoms with Crippen molar-refractivity contribution in [3.8, 4) is 17.7 Å². The summed E-state index contributed by atoms with van der Waals surface area (Å²) in [6.07, 6.45) is 4.02. The van der Waals surface area contributed by atoms with Gasteiger partial charge in [0, 0.05) is 37.3 Å². The van der Waals surface area contributed by atoms with E-state index in [4.69, 9.17) is 20.9 Å². The van der Waals surface area contributed by atoms with E-state index in [2.05, 4.69) is 34.1 Å². The third kappa shape index (κ3) is 6.76. The smallest absolute Gasteiger partial charge is 0.253 e. The van der Waals surface area contributed by atoms with Gasteiger partial charge in [0.05, 0.1) is 31.0 Å². The predicted molar refractivity (Wildman–Crippen MR) is 108 cm³/mol. The predicted octanol–water partition coefficient (Wildman–Crippen LogP) is 1.39. The third-order valence-electron chi connectivity index (χ3n) is 4.22. The quantitative estimate of drug-likeness (QED) is 0.208. The van der Waals surface area contributed by atoms with Gasteiger partial charge in [-0.15, -0.1) is 5.92 Å². The summed E-state index contributed by atoms with van der Waals surface area (Å²) in [4.78, 5) is 19.5. The Morgan fingerprint density at radius 3 is 3.00 bits per heavy atom. The lowest BCUT2D eigenvalue weighted by molar-refractivity contribution is -0.114. The molecule has 2 heterocycles. The molecule has 1 fully saturated rings. The largest absolute Gasteiger partial charge is 0.481 e. The molecule has 1 aliphatic rings. The maximum atomic E-state index is 13.5. The lowest BCUT2D eigenvalue weighted by Gasteiger charge is -2.28. The fourth-order valence-corrected chi connectivity index (χ4v) is 2.69. The highest BCUT2D eigenvalue weighted by atomic mass is 19.1. The zero-order valence-electron chi connectivity index (χ0n) is 16.6. The highest BCUT2D eigenvalue weighted by molar-refractivity contribution is 6.20. The summed E-state index contributed by atoms with van der Waals surface area (Å²) >= 11 is 0. The van der Waals surface area contributed by atoms with Crippen LogP contribution in [-0.2, 0) is 9.53 Å². The number of halogens is 1. The number of pyridine rings is 1. The lowest BCUT2D eigenvalue weighted by atomic mass is 9.95. The Hall–Kier alpha value is -3.12. The number of primary amides is 1. The number of nitrogens with zero attached hydrogens (tertiary/aromatic N) is 2. The Kier molecular flexibility index (Phi) is 8.43. The minimum Gasteiger partial charge on any atom is -0.481 e. The van der Waals surface area contributed by atoms with Crippen LogP contribution in [0.5, 0.6) is 5.88 Å². The van der Waals surface area contributed by atoms with Crippen LogP contribution in [0.4, 0.5) is 10.1 Å². The van der Waals surface area contributed by atoms with Crippen LogP contribution < -0.4 is 21.5 Å². The molecular formula is C20H26FN5O3. The molecule has 1 aromatic heterocycles. The molecule has 8 nitrogen and oxygen atoms in total. The fraction of sp³-hybridized carbons (Fsp3) is 0.450. The number of ether oxygens (including phenoxy) is 2. The number of aliphatic imine (C=N–C) groups is 1. The van der Waals surface area contributed by atoms with E-state index in [1.807, 2.05) is 0 Å². The van der Waals surface area contributed by atoms with E-state index in [-0.39, 0.29) is 34.9 Å². The maximum absolute atomic E-state index is 13.5. The van der Waals surface area contributed by atoms with Gasteiger partial charge in [-0.1, -0.05) is 12.8 Å². The topological polar surface area (TPSA) is 125 Å². The third-order valence-corrected chi connectivity index (χ3v) is 4.22. The second-order valence-electron chi connectivity index (χ2n) is 6.42. The fourth-order valence-electron chi connectivity index (χ4n) is 2.69. The van der Waals surface area contributed by atoms with Gasteiger partial charge in [-0.05, 0) is 12.8 Å². The summed E-state index contributed by atoms with van der Waals surface area (Å²) in [5.74, 6) is 4.80. The van der Waals surface area contributed by atoms with Crippen LogP contribution in [0.25, 0.3) is 0 Å². The van der Waals surface area contributed by atoms with Crippen LogP contribution in [0.1, 0.15) is 26.2 Å². The van der Waals surface area contributed by atoms with E-state index >= 15 is 0 Å². The maximum Gasteiger partial charge on any atom is 0.253 e. The molecule has 9 heteroatoms. The van der Waals surface area contributed by atoms with Gasteiger partial charge in [0.1, 0.15) is 5.84 Å². The number of nitrogens with one attached hydrogen (secondary N) is 1. The van der Waals surface area contributed by atoms with Gasteiger partial charge in [0.2, 0.25) is 11.8 Å². The highest BCUT2D eigenvalue weighted by Crippen LogP contribution is 2.20. The zero-order chi connectivity index (χ0) is 21.2. The molecule has 0 radical (unpaired) electrons. The number of rotatable bonds is 7. The highest BCUT2D eigenvalue weighted by Gasteiger charge is 2.24. The molecule has 1 saturated heterocycles. The Bertz CT molecular complexity index is 844. The Balaban J connectivity index is 2.21. The summed E-state index contributed by atoms with van der Waals surface area (Å²) in [6.45, 7) is 3.15. The Labute approximate surface area is 169 Å². The van der Waals surface area contributed by atoms with E-state index in [9.17, 15) is 9.18 Å². The summed E-state index contributed by atoms with van der Waals surface area (Å²) in [5.41, 5.74) is 11.5. The summed E-state index contributed by atoms with van der Waals surface area (Å²) in [7, 11) is 1.35. The first-order chi connectivity index (χ1) is 13.9. The van der Waals surface area contributed by atoms with Crippen LogP contribution in [0.2, 0.25) is 0 Å². The van der Waals surface area contributed by atoms with Gasteiger partial charge < -0.3 is 26.3 Å². The van der Waals surface area contributed by atoms with Crippen LogP contribution in [0.15, 0.2) is 28.9 Å². The standard InChI is InChI=1S/C20H26FN5O3/c1-3-4-5-6-13-7-8-29-12-16(13)24-11-15(20(23)27)19(22)25-14-9-17(21)26-18(10-14)28-2/h9-11,13,16,24H,3-4,7-8,12H2,1-2H3,(H2,23,27)(H2,22,25,26)/b15-11+. The van der Waals surface area contributed by atoms with E-state index in [1.165, 1.54) is 19.4 Å². The van der Waals surface area contributed by atoms with Gasteiger partial charge in [0.25, 0.3) is 5.91 Å². The first-order valence-corrected chi connectivity index (χ1v) is 9.32. The van der Waals surface area contributed by atoms with E-state index in [0.29, 0.717) is 13.2 Å². The van der Waals surface area contributed by atoms with Crippen molar-refractivity contribution in [2.45, 2.75) is 32.2 Å². The van der Waals surface area contributed by atoms with Crippen molar-refractivity contribution in [2.24, 2.45) is 22.4 Å². The van der Waals surface area contributed by atoms with Gasteiger partial charge >= 0.3 is 0 Å². The van der Waals surface area contributed by atoms with Gasteiger partial charge in [-0.2, -0.15) is 9.37 Å². The monoisotopic (exact) mass is 403 g/mol. The van der Waals surface area contributed by atoms with Gasteiger partial charge in [-0.3, -0.25) is 4.79 Å². The summed E-state index contributed by atoms with van der Waals surface area (Å²) in [6, 6.07) is 2.33. The molecule has 1 amide bonds. The molecule has 0 spiro atoms. The number of nitrogens with two attached hydrogens (primary N) is 2. The number of methoxy groups -OCH3 is 1. The molecule has 0 aliphatic carbocycles. The molecule has 156 valence electrons. The van der Waals surface area contributed by atoms with Crippen LogP contribution in [-0.4, -0.2) is 43.1 Å². The molecule has 0 saturated carbocycles. The molecule has 5 N–H and O–H groups in total. The summed E-state index contributed by atoms with van der Waals surface area (Å²) < 4.78 is 23.9. The first-order valence-electron chi connectivity index (χ1n) is 9.32. The number of carbonyl (C=O) groups is 1. The molecule has 1 aromatic rings.